The van der Waals surface area contributed by atoms with Gasteiger partial charge in [0.2, 0.25) is 0 Å². The fraction of sp³-hybridized carbons (Fsp3) is 0.692. The first-order valence-electron chi connectivity index (χ1n) is 6.52. The molecule has 0 aromatic carbocycles. The van der Waals surface area contributed by atoms with Gasteiger partial charge in [-0.1, -0.05) is 0 Å². The van der Waals surface area contributed by atoms with Gasteiger partial charge in [-0.25, -0.2) is 0 Å². The molecule has 0 radical (unpaired) electrons. The summed E-state index contributed by atoms with van der Waals surface area (Å²) in [6, 6.07) is 0. The van der Waals surface area contributed by atoms with Gasteiger partial charge < -0.3 is 15.0 Å². The third-order valence-corrected chi connectivity index (χ3v) is 2.88. The zero-order valence-electron chi connectivity index (χ0n) is 12.3. The van der Waals surface area contributed by atoms with Gasteiger partial charge >= 0.3 is 0 Å². The molecule has 0 amide bonds. The Hall–Kier alpha value is -1.40. The number of aromatic nitrogens is 2. The predicted octanol–water partition coefficient (Wildman–Crippen LogP) is 0.636. The first kappa shape index (κ1) is 15.7. The maximum Gasteiger partial charge on any atom is 0.184 e. The van der Waals surface area contributed by atoms with Crippen LogP contribution < -0.4 is 10.1 Å². The lowest BCUT2D eigenvalue weighted by atomic mass is 10.1. The maximum atomic E-state index is 12.2. The molecule has 1 heterocycles. The predicted molar refractivity (Wildman–Crippen MR) is 74.8 cm³/mol. The lowest BCUT2D eigenvalue weighted by Gasteiger charge is -2.12. The number of methoxy groups -OCH3 is 1. The quantitative estimate of drug-likeness (QED) is 0.526. The third kappa shape index (κ3) is 4.65. The summed E-state index contributed by atoms with van der Waals surface area (Å²) in [7, 11) is 7.44. The summed E-state index contributed by atoms with van der Waals surface area (Å²) < 4.78 is 6.96. The minimum atomic E-state index is 0.0864. The van der Waals surface area contributed by atoms with Gasteiger partial charge in [-0.3, -0.25) is 9.48 Å². The molecule has 6 heteroatoms. The lowest BCUT2D eigenvalue weighted by molar-refractivity contribution is 0.0965. The van der Waals surface area contributed by atoms with E-state index >= 15 is 0 Å². The van der Waals surface area contributed by atoms with Crippen LogP contribution in [0.5, 0.6) is 5.75 Å². The molecule has 0 unspecified atom stereocenters. The van der Waals surface area contributed by atoms with Gasteiger partial charge in [0.05, 0.1) is 19.9 Å². The van der Waals surface area contributed by atoms with Crippen molar-refractivity contribution < 1.29 is 9.53 Å². The molecular weight excluding hydrogens is 244 g/mol. The van der Waals surface area contributed by atoms with E-state index in [9.17, 15) is 4.79 Å². The number of ether oxygens (including phenoxy) is 1. The normalized spacial score (nSPS) is 11.0. The number of Topliss-reactive ketones (excluding diaryl/α,β-unsaturated/α-hetero) is 1. The van der Waals surface area contributed by atoms with Gasteiger partial charge in [0, 0.05) is 13.0 Å². The Bertz CT molecular complexity index is 401. The van der Waals surface area contributed by atoms with Crippen LogP contribution in [0, 0.1) is 0 Å². The van der Waals surface area contributed by atoms with E-state index in [4.69, 9.17) is 4.74 Å². The fourth-order valence-electron chi connectivity index (χ4n) is 1.81. The van der Waals surface area contributed by atoms with Crippen LogP contribution in [0.2, 0.25) is 0 Å². The van der Waals surface area contributed by atoms with Crippen LogP contribution >= 0.6 is 0 Å². The average molecular weight is 268 g/mol. The molecule has 1 aromatic heterocycles. The van der Waals surface area contributed by atoms with Crippen molar-refractivity contribution in [3.8, 4) is 5.75 Å². The van der Waals surface area contributed by atoms with Gasteiger partial charge in [0.25, 0.3) is 0 Å². The number of hydrogen-bond acceptors (Lipinski definition) is 5. The Balaban J connectivity index is 2.77. The molecule has 1 N–H and O–H groups in total. The second kappa shape index (κ2) is 7.91. The van der Waals surface area contributed by atoms with Crippen LogP contribution in [-0.4, -0.2) is 61.8 Å². The molecule has 1 aromatic rings. The molecule has 0 saturated heterocycles. The van der Waals surface area contributed by atoms with Crippen LogP contribution in [-0.2, 0) is 6.54 Å². The van der Waals surface area contributed by atoms with Crippen molar-refractivity contribution in [3.63, 3.8) is 0 Å². The van der Waals surface area contributed by atoms with Gasteiger partial charge in [0.15, 0.2) is 11.5 Å². The van der Waals surface area contributed by atoms with Crippen LogP contribution in [0.1, 0.15) is 23.3 Å². The topological polar surface area (TPSA) is 59.4 Å². The molecular formula is C13H24N4O2. The molecule has 19 heavy (non-hydrogen) atoms. The Kier molecular flexibility index (Phi) is 6.52. The Morgan fingerprint density at radius 2 is 2.26 bits per heavy atom. The highest BCUT2D eigenvalue weighted by molar-refractivity contribution is 5.97. The van der Waals surface area contributed by atoms with E-state index in [1.54, 1.807) is 18.0 Å². The summed E-state index contributed by atoms with van der Waals surface area (Å²) in [5.74, 6) is 0.650. The van der Waals surface area contributed by atoms with E-state index in [-0.39, 0.29) is 5.78 Å². The average Bonchev–Trinajstić information content (AvgIpc) is 2.79. The smallest absolute Gasteiger partial charge is 0.184 e. The second-order valence-electron chi connectivity index (χ2n) is 4.72. The number of hydrogen-bond donors (Lipinski definition) is 1. The largest absolute Gasteiger partial charge is 0.493 e. The van der Waals surface area contributed by atoms with Crippen molar-refractivity contribution in [1.82, 2.24) is 20.0 Å². The molecule has 0 aliphatic carbocycles. The number of carbonyl (C=O) groups excluding carboxylic acids is 1. The van der Waals surface area contributed by atoms with Gasteiger partial charge in [-0.15, -0.1) is 0 Å². The molecule has 0 aliphatic rings. The zero-order chi connectivity index (χ0) is 14.3. The molecule has 0 bridgehead atoms. The van der Waals surface area contributed by atoms with Crippen LogP contribution in [0.3, 0.4) is 0 Å². The summed E-state index contributed by atoms with van der Waals surface area (Å²) in [5.41, 5.74) is 0.584. The number of likely N-dealkylation sites (N-methyl/N-ethyl adjacent to an activating group) is 1. The number of nitrogens with zero attached hydrogens (tertiary/aromatic N) is 3. The molecule has 0 atom stereocenters. The highest BCUT2D eigenvalue weighted by Crippen LogP contribution is 2.19. The van der Waals surface area contributed by atoms with Crippen molar-refractivity contribution in [2.24, 2.45) is 0 Å². The van der Waals surface area contributed by atoms with Crippen LogP contribution in [0.15, 0.2) is 6.20 Å². The number of nitrogens with one attached hydrogen (secondary N) is 1. The summed E-state index contributed by atoms with van der Waals surface area (Å²) in [6.45, 7) is 2.35. The van der Waals surface area contributed by atoms with Crippen LogP contribution in [0.4, 0.5) is 0 Å². The highest BCUT2D eigenvalue weighted by atomic mass is 16.5. The van der Waals surface area contributed by atoms with Gasteiger partial charge in [-0.2, -0.15) is 5.10 Å². The van der Waals surface area contributed by atoms with Gasteiger partial charge in [-0.05, 0) is 34.1 Å². The first-order valence-corrected chi connectivity index (χ1v) is 6.52. The first-order chi connectivity index (χ1) is 9.10. The van der Waals surface area contributed by atoms with E-state index in [0.717, 1.165) is 19.5 Å². The van der Waals surface area contributed by atoms with Crippen molar-refractivity contribution in [3.05, 3.63) is 11.9 Å². The Morgan fingerprint density at radius 3 is 2.84 bits per heavy atom. The maximum absolute atomic E-state index is 12.2. The lowest BCUT2D eigenvalue weighted by Crippen LogP contribution is -2.22. The molecule has 0 fully saturated rings. The molecule has 108 valence electrons. The summed E-state index contributed by atoms with van der Waals surface area (Å²) >= 11 is 0. The molecule has 6 nitrogen and oxygen atoms in total. The molecule has 0 aliphatic heterocycles. The Labute approximate surface area is 114 Å². The Morgan fingerprint density at radius 1 is 1.53 bits per heavy atom. The second-order valence-corrected chi connectivity index (χ2v) is 4.72. The monoisotopic (exact) mass is 268 g/mol. The molecule has 0 saturated carbocycles. The van der Waals surface area contributed by atoms with Crippen molar-refractivity contribution >= 4 is 5.78 Å². The molecule has 1 rings (SSSR count). The highest BCUT2D eigenvalue weighted by Gasteiger charge is 2.18. The third-order valence-electron chi connectivity index (χ3n) is 2.88. The number of rotatable bonds is 9. The minimum absolute atomic E-state index is 0.0864. The summed E-state index contributed by atoms with van der Waals surface area (Å²) in [5, 5.41) is 7.28. The van der Waals surface area contributed by atoms with E-state index in [1.165, 1.54) is 0 Å². The van der Waals surface area contributed by atoms with E-state index < -0.39 is 0 Å². The van der Waals surface area contributed by atoms with Gasteiger partial charge in [0.1, 0.15) is 5.69 Å². The minimum Gasteiger partial charge on any atom is -0.493 e. The fourth-order valence-corrected chi connectivity index (χ4v) is 1.81. The number of ketones is 1. The van der Waals surface area contributed by atoms with Crippen LogP contribution in [0.25, 0.3) is 0 Å². The summed E-state index contributed by atoms with van der Waals surface area (Å²) in [4.78, 5) is 14.3. The van der Waals surface area contributed by atoms with Crippen molar-refractivity contribution in [2.75, 3.05) is 41.3 Å². The van der Waals surface area contributed by atoms with E-state index in [2.05, 4.69) is 15.3 Å². The standard InChI is InChI=1S/C13H24N4O2/c1-14-7-5-6-11(18)13-12(19-4)10-15-17(13)9-8-16(2)3/h10,14H,5-9H2,1-4H3. The van der Waals surface area contributed by atoms with Crippen molar-refractivity contribution in [1.29, 1.82) is 0 Å². The summed E-state index contributed by atoms with van der Waals surface area (Å²) in [6.07, 6.45) is 2.93. The molecule has 0 spiro atoms. The van der Waals surface area contributed by atoms with Crippen molar-refractivity contribution in [2.45, 2.75) is 19.4 Å². The van der Waals surface area contributed by atoms with E-state index in [0.29, 0.717) is 24.4 Å². The number of carbonyl (C=O) groups is 1. The zero-order valence-corrected chi connectivity index (χ0v) is 12.3. The SMILES string of the molecule is CNCCCC(=O)c1c(OC)cnn1CCN(C)C. The van der Waals surface area contributed by atoms with E-state index in [1.807, 2.05) is 21.1 Å².